The first-order chi connectivity index (χ1) is 13.4. The zero-order chi connectivity index (χ0) is 20.3. The number of hydrogen-bond acceptors (Lipinski definition) is 6. The lowest BCUT2D eigenvalue weighted by Gasteiger charge is -2.10. The number of hydrogen-bond donors (Lipinski definition) is 1. The first-order valence-electron chi connectivity index (χ1n) is 8.12. The molecule has 0 aliphatic carbocycles. The molecule has 0 atom stereocenters. The molecule has 9 heteroatoms. The highest BCUT2D eigenvalue weighted by molar-refractivity contribution is 6.07. The van der Waals surface area contributed by atoms with E-state index in [1.54, 1.807) is 12.4 Å². The van der Waals surface area contributed by atoms with Crippen LogP contribution in [0.1, 0.15) is 21.6 Å². The Morgan fingerprint density at radius 2 is 2.07 bits per heavy atom. The summed E-state index contributed by atoms with van der Waals surface area (Å²) in [4.78, 5) is 25.0. The van der Waals surface area contributed by atoms with Crippen LogP contribution in [0.3, 0.4) is 0 Å². The van der Waals surface area contributed by atoms with E-state index in [1.165, 1.54) is 30.2 Å². The molecule has 8 nitrogen and oxygen atoms in total. The molecule has 0 fully saturated rings. The van der Waals surface area contributed by atoms with Gasteiger partial charge in [-0.15, -0.1) is 0 Å². The van der Waals surface area contributed by atoms with Gasteiger partial charge in [0.2, 0.25) is 0 Å². The number of nitrogens with zero attached hydrogens (tertiary/aromatic N) is 5. The molecular weight excluding hydrogens is 363 g/mol. The number of carbonyl (C=O) groups is 1. The van der Waals surface area contributed by atoms with Crippen LogP contribution in [0.15, 0.2) is 61.8 Å². The number of aryl methyl sites for hydroxylation is 1. The lowest BCUT2D eigenvalue weighted by atomic mass is 10.1. The predicted molar refractivity (Wildman–Crippen MR) is 102 cm³/mol. The van der Waals surface area contributed by atoms with Crippen LogP contribution in [0.4, 0.5) is 10.2 Å². The number of rotatable bonds is 6. The van der Waals surface area contributed by atoms with Crippen LogP contribution in [0.2, 0.25) is 0 Å². The highest BCUT2D eigenvalue weighted by Gasteiger charge is 2.16. The van der Waals surface area contributed by atoms with Crippen LogP contribution in [0.5, 0.6) is 0 Å². The molecule has 0 spiro atoms. The third kappa shape index (κ3) is 3.93. The molecule has 142 valence electrons. The highest BCUT2D eigenvalue weighted by Crippen LogP contribution is 2.24. The minimum Gasteiger partial charge on any atom is -0.497 e. The van der Waals surface area contributed by atoms with Gasteiger partial charge < -0.3 is 10.1 Å². The first-order valence-corrected chi connectivity index (χ1v) is 8.12. The first kappa shape index (κ1) is 18.9. The summed E-state index contributed by atoms with van der Waals surface area (Å²) in [6.45, 7) is 8.79. The monoisotopic (exact) mass is 380 g/mol. The predicted octanol–water partition coefficient (Wildman–Crippen LogP) is 3.11. The normalized spacial score (nSPS) is 11.3. The van der Waals surface area contributed by atoms with Crippen LogP contribution in [0.25, 0.3) is 11.2 Å². The number of anilines is 1. The number of methoxy groups -OCH3 is 1. The van der Waals surface area contributed by atoms with Crippen molar-refractivity contribution in [2.75, 3.05) is 12.4 Å². The fourth-order valence-electron chi connectivity index (χ4n) is 2.45. The molecule has 0 aliphatic rings. The summed E-state index contributed by atoms with van der Waals surface area (Å²) >= 11 is 0. The molecule has 0 unspecified atom stereocenters. The van der Waals surface area contributed by atoms with Crippen molar-refractivity contribution in [3.05, 3.63) is 78.6 Å². The maximum absolute atomic E-state index is 13.3. The Balaban J connectivity index is 1.90. The average molecular weight is 380 g/mol. The fraction of sp³-hybridized carbons (Fsp3) is 0.105. The topological polar surface area (TPSA) is 94.3 Å². The SMILES string of the molecule is C=C(F)/C=C(\C(=C)OC)c1cc(NC(=O)c2cnn3cc(C)cnc23)ncn1. The molecule has 0 radical (unpaired) electrons. The molecule has 0 aliphatic heterocycles. The number of fused-ring (bicyclic) bond motifs is 1. The molecule has 3 heterocycles. The van der Waals surface area contributed by atoms with Crippen molar-refractivity contribution in [2.45, 2.75) is 6.92 Å². The van der Waals surface area contributed by atoms with E-state index in [4.69, 9.17) is 4.74 Å². The smallest absolute Gasteiger partial charge is 0.262 e. The second-order valence-electron chi connectivity index (χ2n) is 5.83. The molecular formula is C19H17FN6O2. The number of aromatic nitrogens is 5. The van der Waals surface area contributed by atoms with Crippen LogP contribution in [-0.2, 0) is 4.74 Å². The van der Waals surface area contributed by atoms with Crippen molar-refractivity contribution in [3.8, 4) is 0 Å². The van der Waals surface area contributed by atoms with Crippen LogP contribution in [-0.4, -0.2) is 37.6 Å². The molecule has 28 heavy (non-hydrogen) atoms. The maximum atomic E-state index is 13.3. The molecule has 0 bridgehead atoms. The summed E-state index contributed by atoms with van der Waals surface area (Å²) in [5, 5.41) is 6.79. The van der Waals surface area contributed by atoms with Crippen molar-refractivity contribution in [3.63, 3.8) is 0 Å². The fourth-order valence-corrected chi connectivity index (χ4v) is 2.45. The number of ether oxygens (including phenoxy) is 1. The van der Waals surface area contributed by atoms with E-state index < -0.39 is 11.7 Å². The number of carbonyl (C=O) groups excluding carboxylic acids is 1. The second kappa shape index (κ2) is 7.78. The summed E-state index contributed by atoms with van der Waals surface area (Å²) in [6, 6.07) is 1.47. The standard InChI is InChI=1S/C19H17FN6O2/c1-11-7-21-18-15(8-24-26(18)9-11)19(27)25-17-6-16(22-10-23-17)14(5-12(2)20)13(3)28-4/h5-10H,2-3H2,1,4H3,(H,22,23,25,27)/b14-5+. The lowest BCUT2D eigenvalue weighted by molar-refractivity contribution is 0.102. The highest BCUT2D eigenvalue weighted by atomic mass is 19.1. The van der Waals surface area contributed by atoms with Gasteiger partial charge >= 0.3 is 0 Å². The number of nitrogens with one attached hydrogen (secondary N) is 1. The molecule has 1 N–H and O–H groups in total. The zero-order valence-electron chi connectivity index (χ0n) is 15.3. The zero-order valence-corrected chi connectivity index (χ0v) is 15.3. The van der Waals surface area contributed by atoms with Crippen molar-refractivity contribution >= 4 is 22.9 Å². The Morgan fingerprint density at radius 1 is 1.29 bits per heavy atom. The Bertz CT molecular complexity index is 1120. The molecule has 0 saturated carbocycles. The number of amides is 1. The Morgan fingerprint density at radius 3 is 2.79 bits per heavy atom. The van der Waals surface area contributed by atoms with E-state index in [9.17, 15) is 9.18 Å². The lowest BCUT2D eigenvalue weighted by Crippen LogP contribution is -2.13. The van der Waals surface area contributed by atoms with E-state index in [-0.39, 0.29) is 22.7 Å². The van der Waals surface area contributed by atoms with Crippen molar-refractivity contribution in [1.82, 2.24) is 24.6 Å². The van der Waals surface area contributed by atoms with Crippen molar-refractivity contribution in [1.29, 1.82) is 0 Å². The quantitative estimate of drug-likeness (QED) is 0.522. The van der Waals surface area contributed by atoms with Gasteiger partial charge in [-0.3, -0.25) is 4.79 Å². The van der Waals surface area contributed by atoms with Crippen LogP contribution in [0, 0.1) is 6.92 Å². The van der Waals surface area contributed by atoms with Gasteiger partial charge in [0.15, 0.2) is 5.65 Å². The summed E-state index contributed by atoms with van der Waals surface area (Å²) in [5.74, 6) is -0.732. The maximum Gasteiger partial charge on any atom is 0.262 e. The number of halogens is 1. The van der Waals surface area contributed by atoms with Gasteiger partial charge in [0, 0.05) is 24.0 Å². The van der Waals surface area contributed by atoms with Gasteiger partial charge in [-0.1, -0.05) is 13.2 Å². The van der Waals surface area contributed by atoms with E-state index >= 15 is 0 Å². The van der Waals surface area contributed by atoms with Crippen LogP contribution < -0.4 is 5.32 Å². The van der Waals surface area contributed by atoms with Gasteiger partial charge in [0.25, 0.3) is 5.91 Å². The van der Waals surface area contributed by atoms with Gasteiger partial charge in [-0.05, 0) is 18.6 Å². The third-order valence-corrected chi connectivity index (χ3v) is 3.76. The van der Waals surface area contributed by atoms with E-state index in [1.807, 2.05) is 6.92 Å². The Hall–Kier alpha value is -3.88. The molecule has 0 saturated heterocycles. The second-order valence-corrected chi connectivity index (χ2v) is 5.83. The average Bonchev–Trinajstić information content (AvgIpc) is 3.08. The summed E-state index contributed by atoms with van der Waals surface area (Å²) in [5.41, 5.74) is 2.20. The van der Waals surface area contributed by atoms with Crippen molar-refractivity contribution < 1.29 is 13.9 Å². The van der Waals surface area contributed by atoms with E-state index in [2.05, 4.69) is 38.5 Å². The van der Waals surface area contributed by atoms with E-state index in [0.29, 0.717) is 11.3 Å². The van der Waals surface area contributed by atoms with Crippen LogP contribution >= 0.6 is 0 Å². The molecule has 3 aromatic rings. The summed E-state index contributed by atoms with van der Waals surface area (Å²) in [7, 11) is 1.40. The van der Waals surface area contributed by atoms with Crippen molar-refractivity contribution in [2.24, 2.45) is 0 Å². The Kier molecular flexibility index (Phi) is 5.25. The van der Waals surface area contributed by atoms with E-state index in [0.717, 1.165) is 11.6 Å². The third-order valence-electron chi connectivity index (χ3n) is 3.76. The Labute approximate surface area is 160 Å². The molecule has 3 rings (SSSR count). The minimum atomic E-state index is -0.690. The molecule has 1 amide bonds. The molecule has 0 aromatic carbocycles. The van der Waals surface area contributed by atoms with Gasteiger partial charge in [-0.2, -0.15) is 5.10 Å². The van der Waals surface area contributed by atoms with Gasteiger partial charge in [0.05, 0.1) is 19.0 Å². The summed E-state index contributed by atoms with van der Waals surface area (Å²) < 4.78 is 19.9. The number of allylic oxidation sites excluding steroid dienone is 3. The molecule has 3 aromatic heterocycles. The summed E-state index contributed by atoms with van der Waals surface area (Å²) in [6.07, 6.45) is 7.20. The van der Waals surface area contributed by atoms with Gasteiger partial charge in [0.1, 0.15) is 29.3 Å². The minimum absolute atomic E-state index is 0.192. The largest absolute Gasteiger partial charge is 0.497 e. The van der Waals surface area contributed by atoms with Gasteiger partial charge in [-0.25, -0.2) is 23.9 Å².